The Morgan fingerprint density at radius 2 is 2.15 bits per heavy atom. The molecule has 1 aromatic rings. The van der Waals surface area contributed by atoms with E-state index in [2.05, 4.69) is 22.3 Å². The van der Waals surface area contributed by atoms with Crippen molar-refractivity contribution in [3.05, 3.63) is 29.3 Å². The maximum Gasteiger partial charge on any atom is 0.106 e. The molecule has 0 amide bonds. The summed E-state index contributed by atoms with van der Waals surface area (Å²) < 4.78 is 5.34. The van der Waals surface area contributed by atoms with Gasteiger partial charge in [-0.2, -0.15) is 0 Å². The van der Waals surface area contributed by atoms with Crippen LogP contribution in [0, 0.1) is 6.92 Å². The molecule has 2 rings (SSSR count). The molecule has 4 nitrogen and oxygen atoms in total. The lowest BCUT2D eigenvalue weighted by molar-refractivity contribution is 0.0378. The van der Waals surface area contributed by atoms with Crippen molar-refractivity contribution in [2.24, 2.45) is 5.73 Å². The quantitative estimate of drug-likeness (QED) is 0.618. The number of nitrogens with two attached hydrogens (primary N) is 1. The first-order valence-electron chi connectivity index (χ1n) is 7.11. The van der Waals surface area contributed by atoms with Crippen LogP contribution in [0.25, 0.3) is 0 Å². The Morgan fingerprint density at radius 3 is 2.85 bits per heavy atom. The second-order valence-electron chi connectivity index (χ2n) is 5.15. The van der Waals surface area contributed by atoms with Gasteiger partial charge in [0, 0.05) is 30.9 Å². The van der Waals surface area contributed by atoms with Gasteiger partial charge in [0.05, 0.1) is 13.2 Å². The Balaban J connectivity index is 1.80. The number of nitrogens with one attached hydrogen (secondary N) is 1. The lowest BCUT2D eigenvalue weighted by atomic mass is 10.1. The molecule has 110 valence electrons. The predicted molar refractivity (Wildman–Crippen MR) is 87.4 cm³/mol. The first kappa shape index (κ1) is 15.2. The predicted octanol–water partition coefficient (Wildman–Crippen LogP) is 1.76. The van der Waals surface area contributed by atoms with Gasteiger partial charge >= 0.3 is 0 Å². The summed E-state index contributed by atoms with van der Waals surface area (Å²) in [4.78, 5) is 2.89. The molecule has 1 heterocycles. The summed E-state index contributed by atoms with van der Waals surface area (Å²) in [7, 11) is 0. The zero-order valence-electron chi connectivity index (χ0n) is 12.0. The molecule has 0 aromatic heterocycles. The van der Waals surface area contributed by atoms with Crippen LogP contribution >= 0.6 is 12.2 Å². The fourth-order valence-electron chi connectivity index (χ4n) is 2.37. The van der Waals surface area contributed by atoms with E-state index in [1.165, 1.54) is 5.56 Å². The minimum Gasteiger partial charge on any atom is -0.389 e. The van der Waals surface area contributed by atoms with Crippen LogP contribution in [-0.2, 0) is 4.74 Å². The van der Waals surface area contributed by atoms with Gasteiger partial charge < -0.3 is 15.8 Å². The van der Waals surface area contributed by atoms with Crippen LogP contribution in [0.4, 0.5) is 5.69 Å². The molecule has 1 saturated heterocycles. The zero-order valence-corrected chi connectivity index (χ0v) is 12.8. The van der Waals surface area contributed by atoms with Crippen LogP contribution < -0.4 is 11.1 Å². The van der Waals surface area contributed by atoms with Gasteiger partial charge in [0.15, 0.2) is 0 Å². The maximum atomic E-state index is 5.77. The zero-order chi connectivity index (χ0) is 14.4. The van der Waals surface area contributed by atoms with Crippen molar-refractivity contribution in [1.29, 1.82) is 0 Å². The van der Waals surface area contributed by atoms with Gasteiger partial charge in [-0.1, -0.05) is 23.8 Å². The topological polar surface area (TPSA) is 50.5 Å². The molecule has 5 heteroatoms. The van der Waals surface area contributed by atoms with Gasteiger partial charge in [-0.3, -0.25) is 4.90 Å². The van der Waals surface area contributed by atoms with Crippen molar-refractivity contribution in [3.63, 3.8) is 0 Å². The summed E-state index contributed by atoms with van der Waals surface area (Å²) in [6, 6.07) is 6.16. The summed E-state index contributed by atoms with van der Waals surface area (Å²) in [6.07, 6.45) is 1.10. The number of rotatable bonds is 6. The number of hydrogen-bond donors (Lipinski definition) is 2. The molecule has 0 atom stereocenters. The molecule has 20 heavy (non-hydrogen) atoms. The van der Waals surface area contributed by atoms with E-state index in [1.54, 1.807) is 0 Å². The molecule has 1 aromatic carbocycles. The molecule has 0 aliphatic carbocycles. The van der Waals surface area contributed by atoms with Gasteiger partial charge in [-0.25, -0.2) is 0 Å². The molecule has 0 bridgehead atoms. The Bertz CT molecular complexity index is 458. The average molecular weight is 293 g/mol. The monoisotopic (exact) mass is 293 g/mol. The first-order chi connectivity index (χ1) is 9.66. The third-order valence-electron chi connectivity index (χ3n) is 3.51. The molecule has 0 radical (unpaired) electrons. The lowest BCUT2D eigenvalue weighted by Gasteiger charge is -2.26. The van der Waals surface area contributed by atoms with Crippen LogP contribution in [-0.4, -0.2) is 49.3 Å². The fourth-order valence-corrected chi connectivity index (χ4v) is 2.54. The average Bonchev–Trinajstić information content (AvgIpc) is 2.45. The fraction of sp³-hybridized carbons (Fsp3) is 0.533. The van der Waals surface area contributed by atoms with E-state index in [1.807, 2.05) is 13.0 Å². The van der Waals surface area contributed by atoms with Gasteiger partial charge in [0.1, 0.15) is 4.99 Å². The van der Waals surface area contributed by atoms with Crippen molar-refractivity contribution < 1.29 is 4.74 Å². The third-order valence-corrected chi connectivity index (χ3v) is 3.73. The third kappa shape index (κ3) is 4.44. The number of anilines is 1. The molecule has 0 spiro atoms. The Morgan fingerprint density at radius 1 is 1.40 bits per heavy atom. The normalized spacial score (nSPS) is 16.1. The minimum atomic E-state index is 0.448. The van der Waals surface area contributed by atoms with Gasteiger partial charge in [-0.05, 0) is 32.0 Å². The van der Waals surface area contributed by atoms with Crippen molar-refractivity contribution in [3.8, 4) is 0 Å². The molecule has 1 aliphatic rings. The van der Waals surface area contributed by atoms with Crippen molar-refractivity contribution in [2.45, 2.75) is 13.3 Å². The Kier molecular flexibility index (Phi) is 5.76. The number of morpholine rings is 1. The standard InChI is InChI=1S/C15H23N3OS/c1-12-3-4-14(13(11-12)15(16)20)17-5-2-6-18-7-9-19-10-8-18/h3-4,11,17H,2,5-10H2,1H3,(H2,16,20). The van der Waals surface area contributed by atoms with Crippen molar-refractivity contribution in [1.82, 2.24) is 4.90 Å². The Hall–Kier alpha value is -1.17. The largest absolute Gasteiger partial charge is 0.389 e. The van der Waals surface area contributed by atoms with E-state index in [-0.39, 0.29) is 0 Å². The van der Waals surface area contributed by atoms with E-state index in [4.69, 9.17) is 22.7 Å². The Labute approximate surface area is 126 Å². The van der Waals surface area contributed by atoms with E-state index in [9.17, 15) is 0 Å². The molecule has 1 aliphatic heterocycles. The molecular formula is C15H23N3OS. The summed E-state index contributed by atoms with van der Waals surface area (Å²) in [5, 5.41) is 3.44. The molecule has 0 unspecified atom stereocenters. The second-order valence-corrected chi connectivity index (χ2v) is 5.59. The van der Waals surface area contributed by atoms with Crippen LogP contribution in [0.15, 0.2) is 18.2 Å². The number of aryl methyl sites for hydroxylation is 1. The van der Waals surface area contributed by atoms with Crippen LogP contribution in [0.5, 0.6) is 0 Å². The maximum absolute atomic E-state index is 5.77. The van der Waals surface area contributed by atoms with Crippen LogP contribution in [0.3, 0.4) is 0 Å². The van der Waals surface area contributed by atoms with Gasteiger partial charge in [-0.15, -0.1) is 0 Å². The van der Waals surface area contributed by atoms with Crippen LogP contribution in [0.1, 0.15) is 17.5 Å². The SMILES string of the molecule is Cc1ccc(NCCCN2CCOCC2)c(C(N)=S)c1. The number of nitrogens with zero attached hydrogens (tertiary/aromatic N) is 1. The highest BCUT2D eigenvalue weighted by Gasteiger charge is 2.09. The van der Waals surface area contributed by atoms with E-state index >= 15 is 0 Å². The van der Waals surface area contributed by atoms with E-state index < -0.39 is 0 Å². The number of hydrogen-bond acceptors (Lipinski definition) is 4. The molecule has 3 N–H and O–H groups in total. The lowest BCUT2D eigenvalue weighted by Crippen LogP contribution is -2.37. The number of benzene rings is 1. The van der Waals surface area contributed by atoms with Crippen molar-refractivity contribution >= 4 is 22.9 Å². The molecule has 1 fully saturated rings. The smallest absolute Gasteiger partial charge is 0.106 e. The second kappa shape index (κ2) is 7.57. The summed E-state index contributed by atoms with van der Waals surface area (Å²) >= 11 is 5.11. The molecular weight excluding hydrogens is 270 g/mol. The summed E-state index contributed by atoms with van der Waals surface area (Å²) in [5.74, 6) is 0. The van der Waals surface area contributed by atoms with Crippen molar-refractivity contribution in [2.75, 3.05) is 44.7 Å². The molecule has 0 saturated carbocycles. The van der Waals surface area contributed by atoms with E-state index in [0.717, 1.165) is 57.1 Å². The minimum absolute atomic E-state index is 0.448. The van der Waals surface area contributed by atoms with Crippen LogP contribution in [0.2, 0.25) is 0 Å². The number of thiocarbonyl (C=S) groups is 1. The highest BCUT2D eigenvalue weighted by atomic mass is 32.1. The highest BCUT2D eigenvalue weighted by Crippen LogP contribution is 2.17. The first-order valence-corrected chi connectivity index (χ1v) is 7.52. The van der Waals surface area contributed by atoms with Gasteiger partial charge in [0.2, 0.25) is 0 Å². The number of ether oxygens (including phenoxy) is 1. The highest BCUT2D eigenvalue weighted by molar-refractivity contribution is 7.80. The summed E-state index contributed by atoms with van der Waals surface area (Å²) in [6.45, 7) is 7.88. The van der Waals surface area contributed by atoms with Gasteiger partial charge in [0.25, 0.3) is 0 Å². The van der Waals surface area contributed by atoms with E-state index in [0.29, 0.717) is 4.99 Å². The summed E-state index contributed by atoms with van der Waals surface area (Å²) in [5.41, 5.74) is 8.92.